The molecule has 0 aromatic carbocycles. The number of carbonyl (C=O) groups is 3. The molecule has 0 amide bonds. The van der Waals surface area contributed by atoms with E-state index in [2.05, 4.69) is 93.7 Å². The summed E-state index contributed by atoms with van der Waals surface area (Å²) in [6.07, 6.45) is 82.3. The largest absolute Gasteiger partial charge is 0.462 e. The van der Waals surface area contributed by atoms with E-state index in [-0.39, 0.29) is 31.1 Å². The highest BCUT2D eigenvalue weighted by molar-refractivity contribution is 5.71. The zero-order chi connectivity index (χ0) is 54.3. The molecule has 0 heterocycles. The van der Waals surface area contributed by atoms with Gasteiger partial charge in [0.05, 0.1) is 0 Å². The summed E-state index contributed by atoms with van der Waals surface area (Å²) in [5.74, 6) is -0.871. The second kappa shape index (κ2) is 63.4. The molecule has 75 heavy (non-hydrogen) atoms. The Labute approximate surface area is 465 Å². The van der Waals surface area contributed by atoms with Crippen LogP contribution in [0.4, 0.5) is 0 Å². The summed E-state index contributed by atoms with van der Waals surface area (Å²) in [4.78, 5) is 38.1. The highest BCUT2D eigenvalue weighted by Gasteiger charge is 2.19. The molecule has 0 radical (unpaired) electrons. The SMILES string of the molecule is CC/C=C\C/C=C\C/C=C\C/C=C\C/C=C\CCCCCCCCCCCCCCCCCCCC(=O)OCC(COC(=O)CCCCCCCCCC)OC(=O)CCCCCCC/C=C\CCCCCCCCC. The van der Waals surface area contributed by atoms with E-state index in [4.69, 9.17) is 14.2 Å². The van der Waals surface area contributed by atoms with Crippen LogP contribution in [0.3, 0.4) is 0 Å². The molecule has 0 rings (SSSR count). The molecular formula is C69H122O6. The Kier molecular flexibility index (Phi) is 60.7. The van der Waals surface area contributed by atoms with Crippen LogP contribution in [0, 0.1) is 0 Å². The van der Waals surface area contributed by atoms with Gasteiger partial charge < -0.3 is 14.2 Å². The van der Waals surface area contributed by atoms with Crippen LogP contribution in [0.5, 0.6) is 0 Å². The zero-order valence-electron chi connectivity index (χ0n) is 49.8. The van der Waals surface area contributed by atoms with Gasteiger partial charge in [0.25, 0.3) is 0 Å². The van der Waals surface area contributed by atoms with Crippen molar-refractivity contribution in [1.29, 1.82) is 0 Å². The van der Waals surface area contributed by atoms with Crippen molar-refractivity contribution in [2.24, 2.45) is 0 Å². The number of ether oxygens (including phenoxy) is 3. The smallest absolute Gasteiger partial charge is 0.306 e. The fourth-order valence-corrected chi connectivity index (χ4v) is 9.35. The summed E-state index contributed by atoms with van der Waals surface area (Å²) in [7, 11) is 0. The van der Waals surface area contributed by atoms with Gasteiger partial charge in [-0.05, 0) is 89.9 Å². The van der Waals surface area contributed by atoms with Crippen molar-refractivity contribution in [3.05, 3.63) is 72.9 Å². The Morgan fingerprint density at radius 1 is 0.280 bits per heavy atom. The fraction of sp³-hybridized carbons (Fsp3) is 0.783. The summed E-state index contributed by atoms with van der Waals surface area (Å²) in [6.45, 7) is 6.52. The zero-order valence-corrected chi connectivity index (χ0v) is 49.8. The predicted octanol–water partition coefficient (Wildman–Crippen LogP) is 22.1. The van der Waals surface area contributed by atoms with Crippen molar-refractivity contribution in [3.63, 3.8) is 0 Å². The molecule has 0 saturated heterocycles. The van der Waals surface area contributed by atoms with Crippen LogP contribution >= 0.6 is 0 Å². The van der Waals surface area contributed by atoms with E-state index in [1.165, 1.54) is 193 Å². The van der Waals surface area contributed by atoms with E-state index in [0.29, 0.717) is 19.3 Å². The summed E-state index contributed by atoms with van der Waals surface area (Å²) in [5.41, 5.74) is 0. The van der Waals surface area contributed by atoms with E-state index in [1.54, 1.807) is 0 Å². The van der Waals surface area contributed by atoms with E-state index >= 15 is 0 Å². The van der Waals surface area contributed by atoms with Gasteiger partial charge in [-0.2, -0.15) is 0 Å². The number of allylic oxidation sites excluding steroid dienone is 12. The van der Waals surface area contributed by atoms with E-state index in [0.717, 1.165) is 96.3 Å². The minimum atomic E-state index is -0.774. The van der Waals surface area contributed by atoms with Gasteiger partial charge in [0.2, 0.25) is 0 Å². The molecular weight excluding hydrogens is 925 g/mol. The number of hydrogen-bond acceptors (Lipinski definition) is 6. The molecule has 0 aromatic heterocycles. The molecule has 0 bridgehead atoms. The Bertz CT molecular complexity index is 1390. The van der Waals surface area contributed by atoms with Crippen molar-refractivity contribution in [1.82, 2.24) is 0 Å². The first-order chi connectivity index (χ1) is 37.0. The Hall–Kier alpha value is -3.15. The number of hydrogen-bond donors (Lipinski definition) is 0. The molecule has 0 aliphatic heterocycles. The van der Waals surface area contributed by atoms with Crippen LogP contribution in [0.25, 0.3) is 0 Å². The van der Waals surface area contributed by atoms with Crippen LogP contribution < -0.4 is 0 Å². The third kappa shape index (κ3) is 61.6. The number of rotatable bonds is 59. The van der Waals surface area contributed by atoms with E-state index in [9.17, 15) is 14.4 Å². The molecule has 434 valence electrons. The molecule has 0 saturated carbocycles. The molecule has 0 fully saturated rings. The van der Waals surface area contributed by atoms with Crippen LogP contribution in [-0.2, 0) is 28.6 Å². The van der Waals surface area contributed by atoms with Gasteiger partial charge in [-0.3, -0.25) is 14.4 Å². The van der Waals surface area contributed by atoms with Gasteiger partial charge in [0, 0.05) is 19.3 Å². The summed E-state index contributed by atoms with van der Waals surface area (Å²) < 4.78 is 16.8. The Morgan fingerprint density at radius 3 is 0.827 bits per heavy atom. The monoisotopic (exact) mass is 1050 g/mol. The van der Waals surface area contributed by atoms with Crippen molar-refractivity contribution < 1.29 is 28.6 Å². The van der Waals surface area contributed by atoms with Crippen molar-refractivity contribution in [2.45, 2.75) is 335 Å². The lowest BCUT2D eigenvalue weighted by Crippen LogP contribution is -2.30. The maximum absolute atomic E-state index is 12.8. The summed E-state index contributed by atoms with van der Waals surface area (Å²) >= 11 is 0. The highest BCUT2D eigenvalue weighted by Crippen LogP contribution is 2.17. The summed E-state index contributed by atoms with van der Waals surface area (Å²) in [5, 5.41) is 0. The van der Waals surface area contributed by atoms with Crippen LogP contribution in [0.15, 0.2) is 72.9 Å². The lowest BCUT2D eigenvalue weighted by Gasteiger charge is -2.18. The first-order valence-corrected chi connectivity index (χ1v) is 32.4. The minimum absolute atomic E-state index is 0.0738. The number of carbonyl (C=O) groups excluding carboxylic acids is 3. The van der Waals surface area contributed by atoms with Gasteiger partial charge in [-0.25, -0.2) is 0 Å². The number of esters is 3. The predicted molar refractivity (Wildman–Crippen MR) is 325 cm³/mol. The topological polar surface area (TPSA) is 78.9 Å². The van der Waals surface area contributed by atoms with Crippen LogP contribution in [0.1, 0.15) is 329 Å². The average Bonchev–Trinajstić information content (AvgIpc) is 3.41. The Balaban J connectivity index is 4.04. The molecule has 6 nitrogen and oxygen atoms in total. The van der Waals surface area contributed by atoms with Crippen molar-refractivity contribution in [2.75, 3.05) is 13.2 Å². The quantitative estimate of drug-likeness (QED) is 0.0261. The molecule has 6 heteroatoms. The average molecular weight is 1050 g/mol. The molecule has 1 atom stereocenters. The molecule has 0 aliphatic rings. The third-order valence-electron chi connectivity index (χ3n) is 14.2. The van der Waals surface area contributed by atoms with Crippen molar-refractivity contribution >= 4 is 17.9 Å². The first kappa shape index (κ1) is 71.8. The maximum atomic E-state index is 12.8. The van der Waals surface area contributed by atoms with E-state index in [1.807, 2.05) is 0 Å². The second-order valence-electron chi connectivity index (χ2n) is 21.6. The minimum Gasteiger partial charge on any atom is -0.462 e. The van der Waals surface area contributed by atoms with Gasteiger partial charge in [0.15, 0.2) is 6.10 Å². The summed E-state index contributed by atoms with van der Waals surface area (Å²) in [6, 6.07) is 0. The van der Waals surface area contributed by atoms with E-state index < -0.39 is 6.10 Å². The van der Waals surface area contributed by atoms with Crippen LogP contribution in [0.2, 0.25) is 0 Å². The van der Waals surface area contributed by atoms with Gasteiger partial charge in [-0.15, -0.1) is 0 Å². The second-order valence-corrected chi connectivity index (χ2v) is 21.6. The van der Waals surface area contributed by atoms with Crippen LogP contribution in [-0.4, -0.2) is 37.2 Å². The van der Waals surface area contributed by atoms with Crippen molar-refractivity contribution in [3.8, 4) is 0 Å². The highest BCUT2D eigenvalue weighted by atomic mass is 16.6. The lowest BCUT2D eigenvalue weighted by atomic mass is 10.0. The molecule has 0 aliphatic carbocycles. The molecule has 1 unspecified atom stereocenters. The maximum Gasteiger partial charge on any atom is 0.306 e. The molecule has 0 spiro atoms. The number of unbranched alkanes of at least 4 members (excludes halogenated alkanes) is 36. The first-order valence-electron chi connectivity index (χ1n) is 32.4. The standard InChI is InChI=1S/C69H122O6/c1-4-7-10-13-16-19-21-23-25-27-28-29-30-31-32-33-34-35-36-37-38-39-40-41-42-43-45-46-48-50-53-56-59-62-68(71)74-65-66(64-73-67(70)61-58-55-52-18-15-12-9-6-3)75-69(72)63-60-57-54-51-49-47-44-26-24-22-20-17-14-11-8-5-2/h7,10,16,19,23,25-26,28-29,31-32,44,66H,4-6,8-9,11-15,17-18,20-22,24,27,30,33-43,45-65H2,1-3H3/b10-7-,19-16-,25-23-,29-28-,32-31-,44-26-. The molecule has 0 aromatic rings. The molecule has 0 N–H and O–H groups in total. The normalized spacial score (nSPS) is 12.5. The van der Waals surface area contributed by atoms with Gasteiger partial charge in [0.1, 0.15) is 13.2 Å². The Morgan fingerprint density at radius 2 is 0.520 bits per heavy atom. The van der Waals surface area contributed by atoms with Gasteiger partial charge in [-0.1, -0.05) is 293 Å². The van der Waals surface area contributed by atoms with Gasteiger partial charge >= 0.3 is 17.9 Å². The fourth-order valence-electron chi connectivity index (χ4n) is 9.35. The third-order valence-corrected chi connectivity index (χ3v) is 14.2. The lowest BCUT2D eigenvalue weighted by molar-refractivity contribution is -0.167.